The third-order valence-corrected chi connectivity index (χ3v) is 4.73. The number of rotatable bonds is 3. The van der Waals surface area contributed by atoms with E-state index in [0.29, 0.717) is 5.69 Å². The summed E-state index contributed by atoms with van der Waals surface area (Å²) in [6, 6.07) is 7.95. The Morgan fingerprint density at radius 2 is 2.10 bits per heavy atom. The standard InChI is InChI=1S/C14H13N3O3S/c1-17-13-5-4-12(7-10(13)8-14(17)18)21(19,20)16-11-3-2-6-15-9-11/h2-7,9,16H,8H2,1H3. The Labute approximate surface area is 122 Å². The molecule has 1 aliphatic heterocycles. The number of sulfonamides is 1. The highest BCUT2D eigenvalue weighted by Gasteiger charge is 2.26. The summed E-state index contributed by atoms with van der Waals surface area (Å²) in [7, 11) is -2.01. The molecule has 0 saturated heterocycles. The number of hydrogen-bond donors (Lipinski definition) is 1. The first-order valence-corrected chi connectivity index (χ1v) is 7.78. The molecular weight excluding hydrogens is 290 g/mol. The van der Waals surface area contributed by atoms with Crippen molar-refractivity contribution in [1.29, 1.82) is 0 Å². The second-order valence-corrected chi connectivity index (χ2v) is 6.45. The van der Waals surface area contributed by atoms with Crippen LogP contribution in [0.3, 0.4) is 0 Å². The first-order chi connectivity index (χ1) is 9.97. The van der Waals surface area contributed by atoms with Gasteiger partial charge >= 0.3 is 0 Å². The molecule has 6 nitrogen and oxygen atoms in total. The predicted molar refractivity (Wildman–Crippen MR) is 78.6 cm³/mol. The van der Waals surface area contributed by atoms with Crippen molar-refractivity contribution < 1.29 is 13.2 Å². The van der Waals surface area contributed by atoms with Crippen LogP contribution < -0.4 is 9.62 Å². The van der Waals surface area contributed by atoms with E-state index in [1.807, 2.05) is 0 Å². The maximum absolute atomic E-state index is 12.3. The number of aromatic nitrogens is 1. The molecule has 0 aliphatic carbocycles. The molecule has 108 valence electrons. The van der Waals surface area contributed by atoms with Gasteiger partial charge in [-0.1, -0.05) is 0 Å². The molecule has 2 heterocycles. The van der Waals surface area contributed by atoms with Crippen molar-refractivity contribution in [3.63, 3.8) is 0 Å². The first kappa shape index (κ1) is 13.6. The summed E-state index contributed by atoms with van der Waals surface area (Å²) in [5.41, 5.74) is 1.86. The SMILES string of the molecule is CN1C(=O)Cc2cc(S(=O)(=O)Nc3cccnc3)ccc21. The molecule has 1 aromatic heterocycles. The van der Waals surface area contributed by atoms with E-state index in [4.69, 9.17) is 0 Å². The van der Waals surface area contributed by atoms with E-state index in [1.54, 1.807) is 31.4 Å². The Morgan fingerprint density at radius 3 is 2.81 bits per heavy atom. The summed E-state index contributed by atoms with van der Waals surface area (Å²) in [6.07, 6.45) is 3.22. The number of fused-ring (bicyclic) bond motifs is 1. The van der Waals surface area contributed by atoms with Crippen LogP contribution >= 0.6 is 0 Å². The van der Waals surface area contributed by atoms with Gasteiger partial charge in [0.25, 0.3) is 10.0 Å². The molecule has 0 fully saturated rings. The van der Waals surface area contributed by atoms with E-state index < -0.39 is 10.0 Å². The third-order valence-electron chi connectivity index (χ3n) is 3.35. The molecule has 1 amide bonds. The number of anilines is 2. The molecule has 0 bridgehead atoms. The van der Waals surface area contributed by atoms with Crippen LogP contribution in [-0.2, 0) is 21.2 Å². The van der Waals surface area contributed by atoms with Crippen molar-refractivity contribution in [2.24, 2.45) is 0 Å². The normalized spacial score (nSPS) is 14.1. The molecule has 0 radical (unpaired) electrons. The van der Waals surface area contributed by atoms with Crippen LogP contribution in [-0.4, -0.2) is 26.4 Å². The number of nitrogens with zero attached hydrogens (tertiary/aromatic N) is 2. The maximum Gasteiger partial charge on any atom is 0.261 e. The van der Waals surface area contributed by atoms with Gasteiger partial charge in [0.1, 0.15) is 0 Å². The van der Waals surface area contributed by atoms with Gasteiger partial charge in [-0.25, -0.2) is 8.42 Å². The zero-order valence-electron chi connectivity index (χ0n) is 11.3. The van der Waals surface area contributed by atoms with Gasteiger partial charge in [-0.3, -0.25) is 14.5 Å². The van der Waals surface area contributed by atoms with Gasteiger partial charge < -0.3 is 4.90 Å². The van der Waals surface area contributed by atoms with E-state index in [-0.39, 0.29) is 17.2 Å². The van der Waals surface area contributed by atoms with Crippen molar-refractivity contribution in [2.75, 3.05) is 16.7 Å². The van der Waals surface area contributed by atoms with Crippen LogP contribution in [0.25, 0.3) is 0 Å². The zero-order chi connectivity index (χ0) is 15.0. The third kappa shape index (κ3) is 2.47. The fourth-order valence-electron chi connectivity index (χ4n) is 2.25. The summed E-state index contributed by atoms with van der Waals surface area (Å²) in [5, 5.41) is 0. The van der Waals surface area contributed by atoms with Crippen molar-refractivity contribution in [2.45, 2.75) is 11.3 Å². The smallest absolute Gasteiger partial charge is 0.261 e. The minimum Gasteiger partial charge on any atom is -0.315 e. The molecular formula is C14H13N3O3S. The summed E-state index contributed by atoms with van der Waals surface area (Å²) in [6.45, 7) is 0. The number of carbonyl (C=O) groups excluding carboxylic acids is 1. The molecule has 2 aromatic rings. The highest BCUT2D eigenvalue weighted by atomic mass is 32.2. The van der Waals surface area contributed by atoms with Crippen LogP contribution in [0.5, 0.6) is 0 Å². The largest absolute Gasteiger partial charge is 0.315 e. The predicted octanol–water partition coefficient (Wildman–Crippen LogP) is 1.40. The van der Waals surface area contributed by atoms with E-state index in [0.717, 1.165) is 11.3 Å². The average molecular weight is 303 g/mol. The molecule has 1 N–H and O–H groups in total. The van der Waals surface area contributed by atoms with E-state index in [1.165, 1.54) is 23.2 Å². The van der Waals surface area contributed by atoms with Crippen LogP contribution in [0.1, 0.15) is 5.56 Å². The molecule has 0 saturated carbocycles. The number of pyridine rings is 1. The molecule has 3 rings (SSSR count). The lowest BCUT2D eigenvalue weighted by molar-refractivity contribution is -0.117. The summed E-state index contributed by atoms with van der Waals surface area (Å²) in [4.78, 5) is 17.2. The minimum absolute atomic E-state index is 0.0419. The van der Waals surface area contributed by atoms with Gasteiger partial charge in [0.15, 0.2) is 0 Å². The van der Waals surface area contributed by atoms with Gasteiger partial charge in [0, 0.05) is 18.9 Å². The lowest BCUT2D eigenvalue weighted by atomic mass is 10.2. The zero-order valence-corrected chi connectivity index (χ0v) is 12.1. The number of nitrogens with one attached hydrogen (secondary N) is 1. The number of hydrogen-bond acceptors (Lipinski definition) is 4. The molecule has 0 atom stereocenters. The van der Waals surface area contributed by atoms with Gasteiger partial charge in [-0.15, -0.1) is 0 Å². The Hall–Kier alpha value is -2.41. The minimum atomic E-state index is -3.69. The number of likely N-dealkylation sites (N-methyl/N-ethyl adjacent to an activating group) is 1. The van der Waals surface area contributed by atoms with Crippen LogP contribution in [0, 0.1) is 0 Å². The lowest BCUT2D eigenvalue weighted by Crippen LogP contribution is -2.20. The van der Waals surface area contributed by atoms with E-state index in [2.05, 4.69) is 9.71 Å². The molecule has 0 unspecified atom stereocenters. The van der Waals surface area contributed by atoms with Crippen molar-refractivity contribution in [1.82, 2.24) is 4.98 Å². The van der Waals surface area contributed by atoms with Crippen molar-refractivity contribution in [3.05, 3.63) is 48.3 Å². The molecule has 1 aromatic carbocycles. The quantitative estimate of drug-likeness (QED) is 0.929. The Balaban J connectivity index is 1.94. The molecule has 0 spiro atoms. The van der Waals surface area contributed by atoms with E-state index >= 15 is 0 Å². The van der Waals surface area contributed by atoms with Gasteiger partial charge in [-0.2, -0.15) is 0 Å². The summed E-state index contributed by atoms with van der Waals surface area (Å²) >= 11 is 0. The highest BCUT2D eigenvalue weighted by Crippen LogP contribution is 2.30. The summed E-state index contributed by atoms with van der Waals surface area (Å²) < 4.78 is 27.1. The number of amides is 1. The van der Waals surface area contributed by atoms with Gasteiger partial charge in [-0.05, 0) is 35.9 Å². The lowest BCUT2D eigenvalue weighted by Gasteiger charge is -2.11. The second kappa shape index (κ2) is 4.85. The topological polar surface area (TPSA) is 79.4 Å². The fourth-order valence-corrected chi connectivity index (χ4v) is 3.34. The second-order valence-electron chi connectivity index (χ2n) is 4.77. The van der Waals surface area contributed by atoms with Crippen LogP contribution in [0.4, 0.5) is 11.4 Å². The molecule has 21 heavy (non-hydrogen) atoms. The highest BCUT2D eigenvalue weighted by molar-refractivity contribution is 7.92. The Morgan fingerprint density at radius 1 is 1.29 bits per heavy atom. The molecule has 1 aliphatic rings. The van der Waals surface area contributed by atoms with Crippen LogP contribution in [0.15, 0.2) is 47.6 Å². The Bertz CT molecular complexity index is 803. The Kier molecular flexibility index (Phi) is 3.13. The monoisotopic (exact) mass is 303 g/mol. The molecule has 7 heteroatoms. The average Bonchev–Trinajstić information content (AvgIpc) is 2.74. The van der Waals surface area contributed by atoms with Crippen molar-refractivity contribution >= 4 is 27.3 Å². The van der Waals surface area contributed by atoms with Gasteiger partial charge in [0.05, 0.1) is 23.2 Å². The van der Waals surface area contributed by atoms with E-state index in [9.17, 15) is 13.2 Å². The fraction of sp³-hybridized carbons (Fsp3) is 0.143. The first-order valence-electron chi connectivity index (χ1n) is 6.30. The van der Waals surface area contributed by atoms with Crippen molar-refractivity contribution in [3.8, 4) is 0 Å². The summed E-state index contributed by atoms with van der Waals surface area (Å²) in [5.74, 6) is -0.0419. The van der Waals surface area contributed by atoms with Gasteiger partial charge in [0.2, 0.25) is 5.91 Å². The maximum atomic E-state index is 12.3. The number of carbonyl (C=O) groups is 1. The van der Waals surface area contributed by atoms with Crippen LogP contribution in [0.2, 0.25) is 0 Å². The number of benzene rings is 1.